The molecule has 0 N–H and O–H groups in total. The molecule has 86 valence electrons. The van der Waals surface area contributed by atoms with Crippen LogP contribution in [0.25, 0.3) is 0 Å². The van der Waals surface area contributed by atoms with Crippen LogP contribution in [0.2, 0.25) is 0 Å². The highest BCUT2D eigenvalue weighted by Crippen LogP contribution is 2.21. The Balaban J connectivity index is 2.14. The molecule has 0 spiro atoms. The first kappa shape index (κ1) is 11.6. The van der Waals surface area contributed by atoms with Crippen LogP contribution in [0.15, 0.2) is 18.2 Å². The maximum absolute atomic E-state index is 13.7. The average Bonchev–Trinajstić information content (AvgIpc) is 2.19. The van der Waals surface area contributed by atoms with E-state index in [1.807, 2.05) is 13.0 Å². The van der Waals surface area contributed by atoms with E-state index in [1.165, 1.54) is 6.07 Å². The quantitative estimate of drug-likeness (QED) is 0.675. The third-order valence-corrected chi connectivity index (χ3v) is 2.66. The zero-order chi connectivity index (χ0) is 11.8. The molecule has 0 bridgehead atoms. The Hall–Kier alpha value is -0.865. The molecule has 0 aromatic heterocycles. The zero-order valence-corrected chi connectivity index (χ0v) is 9.92. The molecule has 16 heavy (non-hydrogen) atoms. The summed E-state index contributed by atoms with van der Waals surface area (Å²) in [6.45, 7) is 7.16. The van der Waals surface area contributed by atoms with E-state index in [4.69, 9.17) is 9.31 Å². The molecule has 2 rings (SSSR count). The van der Waals surface area contributed by atoms with Crippen LogP contribution in [0.5, 0.6) is 0 Å². The lowest BCUT2D eigenvalue weighted by molar-refractivity contribution is 0.0340. The minimum Gasteiger partial charge on any atom is -0.407 e. The average molecular weight is 222 g/mol. The molecule has 1 fully saturated rings. The van der Waals surface area contributed by atoms with Crippen LogP contribution < -0.4 is 5.46 Å². The van der Waals surface area contributed by atoms with Gasteiger partial charge in [0.05, 0.1) is 0 Å². The Morgan fingerprint density at radius 1 is 1.25 bits per heavy atom. The molecule has 1 saturated heterocycles. The van der Waals surface area contributed by atoms with Gasteiger partial charge < -0.3 is 9.31 Å². The Labute approximate surface area is 95.9 Å². The molecule has 0 atom stereocenters. The Morgan fingerprint density at radius 2 is 1.88 bits per heavy atom. The number of hydrogen-bond acceptors (Lipinski definition) is 2. The molecule has 0 saturated carbocycles. The van der Waals surface area contributed by atoms with Crippen molar-refractivity contribution in [2.45, 2.75) is 20.8 Å². The predicted octanol–water partition coefficient (Wildman–Crippen LogP) is 1.90. The molecular formula is C12H16BFO2. The SMILES string of the molecule is Cc1ccc(B2OCC(C)(C)CO2)c(F)c1. The van der Waals surface area contributed by atoms with E-state index in [-0.39, 0.29) is 11.2 Å². The summed E-state index contributed by atoms with van der Waals surface area (Å²) >= 11 is 0. The minimum atomic E-state index is -0.561. The summed E-state index contributed by atoms with van der Waals surface area (Å²) in [5, 5.41) is 0. The summed E-state index contributed by atoms with van der Waals surface area (Å²) in [5.74, 6) is -0.260. The lowest BCUT2D eigenvalue weighted by Gasteiger charge is -2.33. The normalized spacial score (nSPS) is 19.9. The van der Waals surface area contributed by atoms with Crippen molar-refractivity contribution >= 4 is 12.6 Å². The van der Waals surface area contributed by atoms with E-state index in [0.29, 0.717) is 18.7 Å². The molecule has 0 unspecified atom stereocenters. The van der Waals surface area contributed by atoms with E-state index >= 15 is 0 Å². The van der Waals surface area contributed by atoms with Gasteiger partial charge in [-0.05, 0) is 18.6 Å². The Kier molecular flexibility index (Phi) is 3.04. The highest BCUT2D eigenvalue weighted by Gasteiger charge is 2.34. The maximum Gasteiger partial charge on any atom is 0.496 e. The van der Waals surface area contributed by atoms with Crippen LogP contribution in [0.1, 0.15) is 19.4 Å². The lowest BCUT2D eigenvalue weighted by atomic mass is 9.75. The minimum absolute atomic E-state index is 0.0116. The molecule has 0 radical (unpaired) electrons. The largest absolute Gasteiger partial charge is 0.496 e. The number of rotatable bonds is 1. The van der Waals surface area contributed by atoms with Gasteiger partial charge in [0.15, 0.2) is 0 Å². The standard InChI is InChI=1S/C12H16BFO2/c1-9-4-5-10(11(14)6-9)13-15-7-12(2,3)8-16-13/h4-6H,7-8H2,1-3H3. The van der Waals surface area contributed by atoms with Crippen LogP contribution in [-0.4, -0.2) is 20.3 Å². The summed E-state index contributed by atoms with van der Waals surface area (Å²) in [6, 6.07) is 5.10. The summed E-state index contributed by atoms with van der Waals surface area (Å²) in [5.41, 5.74) is 1.40. The van der Waals surface area contributed by atoms with Crippen LogP contribution in [0, 0.1) is 18.2 Å². The van der Waals surface area contributed by atoms with Gasteiger partial charge in [-0.25, -0.2) is 4.39 Å². The molecule has 1 aliphatic heterocycles. The third-order valence-electron chi connectivity index (χ3n) is 2.66. The second-order valence-electron chi connectivity index (χ2n) is 5.14. The van der Waals surface area contributed by atoms with Crippen molar-refractivity contribution in [3.05, 3.63) is 29.6 Å². The number of hydrogen-bond donors (Lipinski definition) is 0. The molecule has 0 aliphatic carbocycles. The molecular weight excluding hydrogens is 206 g/mol. The van der Waals surface area contributed by atoms with Gasteiger partial charge in [-0.2, -0.15) is 0 Å². The molecule has 0 amide bonds. The van der Waals surface area contributed by atoms with Crippen molar-refractivity contribution in [2.24, 2.45) is 5.41 Å². The number of aryl methyl sites for hydroxylation is 1. The van der Waals surface area contributed by atoms with Crippen molar-refractivity contribution in [2.75, 3.05) is 13.2 Å². The fourth-order valence-corrected chi connectivity index (χ4v) is 1.70. The molecule has 4 heteroatoms. The van der Waals surface area contributed by atoms with Crippen LogP contribution in [-0.2, 0) is 9.31 Å². The van der Waals surface area contributed by atoms with Gasteiger partial charge in [-0.1, -0.05) is 26.0 Å². The fraction of sp³-hybridized carbons (Fsp3) is 0.500. The smallest absolute Gasteiger partial charge is 0.407 e. The van der Waals surface area contributed by atoms with E-state index in [1.54, 1.807) is 6.07 Å². The summed E-state index contributed by atoms with van der Waals surface area (Å²) in [4.78, 5) is 0. The predicted molar refractivity (Wildman–Crippen MR) is 62.2 cm³/mol. The second kappa shape index (κ2) is 4.19. The third kappa shape index (κ3) is 2.44. The molecule has 2 nitrogen and oxygen atoms in total. The summed E-state index contributed by atoms with van der Waals surface area (Å²) in [7, 11) is -0.561. The molecule has 1 aromatic rings. The summed E-state index contributed by atoms with van der Waals surface area (Å²) in [6.07, 6.45) is 0. The maximum atomic E-state index is 13.7. The van der Waals surface area contributed by atoms with Gasteiger partial charge in [0, 0.05) is 24.1 Å². The molecule has 1 heterocycles. The van der Waals surface area contributed by atoms with Gasteiger partial charge in [-0.3, -0.25) is 0 Å². The highest BCUT2D eigenvalue weighted by molar-refractivity contribution is 6.61. The van der Waals surface area contributed by atoms with E-state index in [2.05, 4.69) is 13.8 Å². The topological polar surface area (TPSA) is 18.5 Å². The van der Waals surface area contributed by atoms with Gasteiger partial charge in [-0.15, -0.1) is 0 Å². The monoisotopic (exact) mass is 222 g/mol. The Morgan fingerprint density at radius 3 is 2.44 bits per heavy atom. The van der Waals surface area contributed by atoms with Gasteiger partial charge >= 0.3 is 7.12 Å². The first-order valence-corrected chi connectivity index (χ1v) is 5.47. The van der Waals surface area contributed by atoms with Gasteiger partial charge in [0.2, 0.25) is 0 Å². The first-order valence-electron chi connectivity index (χ1n) is 5.47. The fourth-order valence-electron chi connectivity index (χ4n) is 1.70. The van der Waals surface area contributed by atoms with Gasteiger partial charge in [0.25, 0.3) is 0 Å². The van der Waals surface area contributed by atoms with Crippen LogP contribution >= 0.6 is 0 Å². The zero-order valence-electron chi connectivity index (χ0n) is 9.92. The van der Waals surface area contributed by atoms with E-state index < -0.39 is 7.12 Å². The highest BCUT2D eigenvalue weighted by atomic mass is 19.1. The van der Waals surface area contributed by atoms with Crippen molar-refractivity contribution in [1.82, 2.24) is 0 Å². The lowest BCUT2D eigenvalue weighted by Crippen LogP contribution is -2.48. The van der Waals surface area contributed by atoms with E-state index in [0.717, 1.165) is 5.56 Å². The van der Waals surface area contributed by atoms with Crippen molar-refractivity contribution < 1.29 is 13.7 Å². The number of halogens is 1. The van der Waals surface area contributed by atoms with Gasteiger partial charge in [0.1, 0.15) is 5.82 Å². The molecule has 1 aromatic carbocycles. The van der Waals surface area contributed by atoms with Crippen molar-refractivity contribution in [1.29, 1.82) is 0 Å². The Bertz CT molecular complexity index is 383. The second-order valence-corrected chi connectivity index (χ2v) is 5.14. The molecule has 1 aliphatic rings. The summed E-state index contributed by atoms with van der Waals surface area (Å²) < 4.78 is 24.7. The van der Waals surface area contributed by atoms with E-state index in [9.17, 15) is 4.39 Å². The van der Waals surface area contributed by atoms with Crippen molar-refractivity contribution in [3.8, 4) is 0 Å². The first-order chi connectivity index (χ1) is 7.48. The van der Waals surface area contributed by atoms with Crippen molar-refractivity contribution in [3.63, 3.8) is 0 Å². The van der Waals surface area contributed by atoms with Crippen LogP contribution in [0.3, 0.4) is 0 Å². The van der Waals surface area contributed by atoms with Crippen LogP contribution in [0.4, 0.5) is 4.39 Å². The number of benzene rings is 1.